The Morgan fingerprint density at radius 3 is 2.38 bits per heavy atom. The van der Waals surface area contributed by atoms with Gasteiger partial charge in [0.1, 0.15) is 5.75 Å². The average molecular weight is 293 g/mol. The zero-order valence-electron chi connectivity index (χ0n) is 12.7. The number of unbranched alkanes of at least 4 members (excludes halogenated alkanes) is 1. The van der Waals surface area contributed by atoms with Crippen LogP contribution in [0.5, 0.6) is 5.75 Å². The summed E-state index contributed by atoms with van der Waals surface area (Å²) in [5.41, 5.74) is 7.28. The minimum atomic E-state index is -0.480. The van der Waals surface area contributed by atoms with E-state index >= 15 is 0 Å². The maximum atomic E-state index is 9.91. The summed E-state index contributed by atoms with van der Waals surface area (Å²) in [7, 11) is 0. The van der Waals surface area contributed by atoms with E-state index in [1.165, 1.54) is 0 Å². The minimum Gasteiger partial charge on any atom is -0.494 e. The van der Waals surface area contributed by atoms with E-state index in [2.05, 4.69) is 6.92 Å². The number of hydrogen-bond acceptors (Lipinski definition) is 4. The van der Waals surface area contributed by atoms with Gasteiger partial charge in [-0.05, 0) is 43.4 Å². The van der Waals surface area contributed by atoms with Gasteiger partial charge in [-0.2, -0.15) is 0 Å². The van der Waals surface area contributed by atoms with Crippen LogP contribution in [0.1, 0.15) is 38.2 Å². The van der Waals surface area contributed by atoms with E-state index in [9.17, 15) is 10.2 Å². The first-order valence-electron chi connectivity index (χ1n) is 7.95. The van der Waals surface area contributed by atoms with E-state index in [-0.39, 0.29) is 12.0 Å². The zero-order valence-corrected chi connectivity index (χ0v) is 12.7. The van der Waals surface area contributed by atoms with Crippen LogP contribution in [0.15, 0.2) is 24.3 Å². The van der Waals surface area contributed by atoms with Gasteiger partial charge in [0.15, 0.2) is 0 Å². The number of rotatable bonds is 7. The Labute approximate surface area is 126 Å². The van der Waals surface area contributed by atoms with Gasteiger partial charge in [-0.3, -0.25) is 0 Å². The molecule has 1 fully saturated rings. The molecule has 1 saturated carbocycles. The average Bonchev–Trinajstić information content (AvgIpc) is 2.80. The van der Waals surface area contributed by atoms with Crippen LogP contribution < -0.4 is 10.5 Å². The van der Waals surface area contributed by atoms with Crippen LogP contribution in [0.3, 0.4) is 0 Å². The monoisotopic (exact) mass is 293 g/mol. The number of aliphatic hydroxyl groups excluding tert-OH is 2. The van der Waals surface area contributed by atoms with Crippen LogP contribution in [0.2, 0.25) is 0 Å². The maximum Gasteiger partial charge on any atom is 0.119 e. The summed E-state index contributed by atoms with van der Waals surface area (Å²) in [6, 6.07) is 7.71. The molecule has 0 bridgehead atoms. The van der Waals surface area contributed by atoms with Crippen molar-refractivity contribution in [2.24, 2.45) is 11.7 Å². The molecule has 0 unspecified atom stereocenters. The SMILES string of the molecule is CCCCOc1ccc(C[C@H](N)C2[C@@H](O)CC[C@@H]2O)cc1. The van der Waals surface area contributed by atoms with Gasteiger partial charge in [-0.15, -0.1) is 0 Å². The number of nitrogens with two attached hydrogens (primary N) is 1. The third kappa shape index (κ3) is 4.43. The van der Waals surface area contributed by atoms with Crippen LogP contribution in [-0.2, 0) is 6.42 Å². The molecule has 118 valence electrons. The number of benzene rings is 1. The Kier molecular flexibility index (Phi) is 6.03. The van der Waals surface area contributed by atoms with Crippen molar-refractivity contribution in [2.75, 3.05) is 6.61 Å². The molecule has 1 aliphatic carbocycles. The molecule has 4 nitrogen and oxygen atoms in total. The Hall–Kier alpha value is -1.10. The van der Waals surface area contributed by atoms with Gasteiger partial charge < -0.3 is 20.7 Å². The Morgan fingerprint density at radius 1 is 1.19 bits per heavy atom. The quantitative estimate of drug-likeness (QED) is 0.671. The first kappa shape index (κ1) is 16.3. The highest BCUT2D eigenvalue weighted by Gasteiger charge is 2.37. The van der Waals surface area contributed by atoms with E-state index in [1.807, 2.05) is 24.3 Å². The predicted molar refractivity (Wildman–Crippen MR) is 83.3 cm³/mol. The molecule has 2 rings (SSSR count). The summed E-state index contributed by atoms with van der Waals surface area (Å²) >= 11 is 0. The molecular weight excluding hydrogens is 266 g/mol. The van der Waals surface area contributed by atoms with Gasteiger partial charge >= 0.3 is 0 Å². The molecule has 1 aliphatic rings. The first-order valence-corrected chi connectivity index (χ1v) is 7.95. The summed E-state index contributed by atoms with van der Waals surface area (Å²) in [5, 5.41) is 19.8. The lowest BCUT2D eigenvalue weighted by Crippen LogP contribution is -2.41. The van der Waals surface area contributed by atoms with Crippen molar-refractivity contribution in [3.63, 3.8) is 0 Å². The van der Waals surface area contributed by atoms with E-state index in [0.29, 0.717) is 19.3 Å². The van der Waals surface area contributed by atoms with E-state index in [0.717, 1.165) is 30.8 Å². The van der Waals surface area contributed by atoms with E-state index < -0.39 is 12.2 Å². The van der Waals surface area contributed by atoms with Crippen molar-refractivity contribution < 1.29 is 14.9 Å². The van der Waals surface area contributed by atoms with Crippen molar-refractivity contribution in [3.05, 3.63) is 29.8 Å². The highest BCUT2D eigenvalue weighted by atomic mass is 16.5. The number of aliphatic hydroxyl groups is 2. The lowest BCUT2D eigenvalue weighted by Gasteiger charge is -2.25. The predicted octanol–water partition coefficient (Wildman–Crippen LogP) is 1.87. The molecule has 0 amide bonds. The van der Waals surface area contributed by atoms with Crippen molar-refractivity contribution in [2.45, 2.75) is 57.3 Å². The molecule has 1 aromatic carbocycles. The fraction of sp³-hybridized carbons (Fsp3) is 0.647. The highest BCUT2D eigenvalue weighted by Crippen LogP contribution is 2.29. The third-order valence-corrected chi connectivity index (χ3v) is 4.30. The Bertz CT molecular complexity index is 411. The molecule has 21 heavy (non-hydrogen) atoms. The van der Waals surface area contributed by atoms with Crippen LogP contribution in [0, 0.1) is 5.92 Å². The second-order valence-electron chi connectivity index (χ2n) is 6.00. The summed E-state index contributed by atoms with van der Waals surface area (Å²) < 4.78 is 5.63. The normalized spacial score (nSPS) is 24.2. The zero-order chi connectivity index (χ0) is 15.2. The standard InChI is InChI=1S/C17H27NO3/c1-2-3-10-21-13-6-4-12(5-7-13)11-14(18)17-15(19)8-9-16(17)20/h4-7,14-17,19-20H,2-3,8-11,18H2,1H3/t14-,15-,16-/m0/s1. The molecule has 0 radical (unpaired) electrons. The fourth-order valence-corrected chi connectivity index (χ4v) is 3.02. The molecule has 0 saturated heterocycles. The molecule has 4 N–H and O–H groups in total. The summed E-state index contributed by atoms with van der Waals surface area (Å²) in [5.74, 6) is 0.659. The summed E-state index contributed by atoms with van der Waals surface area (Å²) in [6.45, 7) is 2.88. The van der Waals surface area contributed by atoms with E-state index in [1.54, 1.807) is 0 Å². The lowest BCUT2D eigenvalue weighted by atomic mass is 9.90. The first-order chi connectivity index (χ1) is 10.1. The second kappa shape index (κ2) is 7.78. The highest BCUT2D eigenvalue weighted by molar-refractivity contribution is 5.28. The van der Waals surface area contributed by atoms with Gasteiger partial charge in [0.25, 0.3) is 0 Å². The fourth-order valence-electron chi connectivity index (χ4n) is 3.02. The largest absolute Gasteiger partial charge is 0.494 e. The van der Waals surface area contributed by atoms with Gasteiger partial charge in [-0.25, -0.2) is 0 Å². The number of ether oxygens (including phenoxy) is 1. The van der Waals surface area contributed by atoms with Gasteiger partial charge in [-0.1, -0.05) is 25.5 Å². The van der Waals surface area contributed by atoms with Crippen molar-refractivity contribution >= 4 is 0 Å². The van der Waals surface area contributed by atoms with Crippen molar-refractivity contribution in [1.29, 1.82) is 0 Å². The topological polar surface area (TPSA) is 75.7 Å². The molecule has 0 aromatic heterocycles. The van der Waals surface area contributed by atoms with Crippen LogP contribution in [0.25, 0.3) is 0 Å². The summed E-state index contributed by atoms with van der Waals surface area (Å²) in [4.78, 5) is 0. The van der Waals surface area contributed by atoms with Crippen molar-refractivity contribution in [3.8, 4) is 5.75 Å². The summed E-state index contributed by atoms with van der Waals surface area (Å²) in [6.07, 6.45) is 3.17. The van der Waals surface area contributed by atoms with Crippen LogP contribution in [0.4, 0.5) is 0 Å². The van der Waals surface area contributed by atoms with Crippen LogP contribution in [-0.4, -0.2) is 35.1 Å². The third-order valence-electron chi connectivity index (χ3n) is 4.30. The molecule has 0 aliphatic heterocycles. The molecular formula is C17H27NO3. The van der Waals surface area contributed by atoms with Crippen LogP contribution >= 0.6 is 0 Å². The van der Waals surface area contributed by atoms with Crippen molar-refractivity contribution in [1.82, 2.24) is 0 Å². The molecule has 3 atom stereocenters. The molecule has 1 aromatic rings. The smallest absolute Gasteiger partial charge is 0.119 e. The molecule has 4 heteroatoms. The molecule has 0 heterocycles. The second-order valence-corrected chi connectivity index (χ2v) is 6.00. The Balaban J connectivity index is 1.87. The maximum absolute atomic E-state index is 9.91. The molecule has 0 spiro atoms. The minimum absolute atomic E-state index is 0.217. The Morgan fingerprint density at radius 2 is 1.81 bits per heavy atom. The van der Waals surface area contributed by atoms with Gasteiger partial charge in [0.2, 0.25) is 0 Å². The lowest BCUT2D eigenvalue weighted by molar-refractivity contribution is 0.0503. The van der Waals surface area contributed by atoms with Gasteiger partial charge in [0, 0.05) is 12.0 Å². The number of hydrogen-bond donors (Lipinski definition) is 3. The van der Waals surface area contributed by atoms with E-state index in [4.69, 9.17) is 10.5 Å². The van der Waals surface area contributed by atoms with Gasteiger partial charge in [0.05, 0.1) is 18.8 Å².